The minimum Gasteiger partial charge on any atom is -0.314 e. The molecular formula is C21H19F3N8O2. The van der Waals surface area contributed by atoms with E-state index in [-0.39, 0.29) is 37.4 Å². The van der Waals surface area contributed by atoms with Crippen LogP contribution in [0.2, 0.25) is 0 Å². The molecule has 1 N–H and O–H groups in total. The number of urea groups is 1. The summed E-state index contributed by atoms with van der Waals surface area (Å²) < 4.78 is 42.0. The van der Waals surface area contributed by atoms with Crippen LogP contribution >= 0.6 is 0 Å². The Kier molecular flexibility index (Phi) is 5.30. The first-order valence-electron chi connectivity index (χ1n) is 10.4. The summed E-state index contributed by atoms with van der Waals surface area (Å²) in [6.07, 6.45) is 4.75. The molecule has 2 aliphatic rings. The van der Waals surface area contributed by atoms with Crippen LogP contribution in [-0.4, -0.2) is 55.8 Å². The lowest BCUT2D eigenvalue weighted by Gasteiger charge is -2.35. The fourth-order valence-corrected chi connectivity index (χ4v) is 4.05. The predicted octanol–water partition coefficient (Wildman–Crippen LogP) is 2.34. The van der Waals surface area contributed by atoms with Crippen LogP contribution < -0.4 is 15.1 Å². The average molecular weight is 472 g/mol. The number of carbonyl (C=O) groups is 2. The standard InChI is InChI=1S/C21H19F3N8O2/c1-12-8-32-17(9-30(12)21(34)28-13-5-14(22)19(24)15(23)6-13)16(7-27-32)31-11-29(10-18(31)33)20-25-3-2-4-26-20/h2-7,12H,8-11H2,1H3,(H,28,34)/t12-/m0/s1. The van der Waals surface area contributed by atoms with Crippen LogP contribution in [0.25, 0.3) is 0 Å². The molecule has 0 unspecified atom stereocenters. The van der Waals surface area contributed by atoms with Gasteiger partial charge in [0.1, 0.15) is 13.2 Å². The number of anilines is 3. The number of benzene rings is 1. The predicted molar refractivity (Wildman–Crippen MR) is 114 cm³/mol. The molecular weight excluding hydrogens is 453 g/mol. The van der Waals surface area contributed by atoms with Gasteiger partial charge in [-0.25, -0.2) is 27.9 Å². The topological polar surface area (TPSA) is 99.5 Å². The van der Waals surface area contributed by atoms with E-state index < -0.39 is 23.5 Å². The van der Waals surface area contributed by atoms with Gasteiger partial charge in [-0.1, -0.05) is 0 Å². The van der Waals surface area contributed by atoms with Crippen LogP contribution in [0.15, 0.2) is 36.8 Å². The number of halogens is 3. The van der Waals surface area contributed by atoms with Crippen LogP contribution in [-0.2, 0) is 17.9 Å². The van der Waals surface area contributed by atoms with Crippen molar-refractivity contribution in [2.45, 2.75) is 26.1 Å². The monoisotopic (exact) mass is 472 g/mol. The van der Waals surface area contributed by atoms with Gasteiger partial charge in [-0.3, -0.25) is 14.4 Å². The van der Waals surface area contributed by atoms with Gasteiger partial charge < -0.3 is 15.1 Å². The Labute approximate surface area is 191 Å². The van der Waals surface area contributed by atoms with Crippen molar-refractivity contribution in [2.75, 3.05) is 28.3 Å². The van der Waals surface area contributed by atoms with Crippen molar-refractivity contribution in [1.29, 1.82) is 0 Å². The second-order valence-electron chi connectivity index (χ2n) is 8.03. The largest absolute Gasteiger partial charge is 0.322 e. The van der Waals surface area contributed by atoms with Crippen molar-refractivity contribution in [2.24, 2.45) is 0 Å². The van der Waals surface area contributed by atoms with Crippen LogP contribution in [0.3, 0.4) is 0 Å². The summed E-state index contributed by atoms with van der Waals surface area (Å²) in [5.41, 5.74) is 0.974. The molecule has 176 valence electrons. The fourth-order valence-electron chi connectivity index (χ4n) is 4.05. The quantitative estimate of drug-likeness (QED) is 0.588. The maximum absolute atomic E-state index is 13.5. The van der Waals surface area contributed by atoms with Gasteiger partial charge in [0.15, 0.2) is 17.5 Å². The highest BCUT2D eigenvalue weighted by atomic mass is 19.2. The Hall–Kier alpha value is -4.16. The van der Waals surface area contributed by atoms with Gasteiger partial charge >= 0.3 is 6.03 Å². The molecule has 34 heavy (non-hydrogen) atoms. The summed E-state index contributed by atoms with van der Waals surface area (Å²) in [5.74, 6) is -4.16. The highest BCUT2D eigenvalue weighted by Crippen LogP contribution is 2.30. The third-order valence-corrected chi connectivity index (χ3v) is 5.78. The molecule has 1 saturated heterocycles. The van der Waals surface area contributed by atoms with E-state index in [2.05, 4.69) is 20.4 Å². The second kappa shape index (κ2) is 8.32. The van der Waals surface area contributed by atoms with Crippen molar-refractivity contribution in [3.05, 3.63) is 59.9 Å². The van der Waals surface area contributed by atoms with Crippen molar-refractivity contribution in [1.82, 2.24) is 24.6 Å². The Balaban J connectivity index is 1.36. The third kappa shape index (κ3) is 3.78. The van der Waals surface area contributed by atoms with Gasteiger partial charge in [-0.05, 0) is 13.0 Å². The molecule has 13 heteroatoms. The summed E-state index contributed by atoms with van der Waals surface area (Å²) in [6, 6.07) is 2.18. The summed E-state index contributed by atoms with van der Waals surface area (Å²) in [7, 11) is 0. The van der Waals surface area contributed by atoms with Gasteiger partial charge in [0.05, 0.1) is 36.7 Å². The molecule has 0 saturated carbocycles. The Morgan fingerprint density at radius 1 is 1.12 bits per heavy atom. The van der Waals surface area contributed by atoms with E-state index in [4.69, 9.17) is 0 Å². The summed E-state index contributed by atoms with van der Waals surface area (Å²) in [6.45, 7) is 2.56. The Morgan fingerprint density at radius 2 is 1.82 bits per heavy atom. The van der Waals surface area contributed by atoms with Gasteiger partial charge in [0, 0.05) is 30.2 Å². The second-order valence-corrected chi connectivity index (χ2v) is 8.03. The zero-order valence-electron chi connectivity index (χ0n) is 18.0. The highest BCUT2D eigenvalue weighted by molar-refractivity contribution is 6.00. The summed E-state index contributed by atoms with van der Waals surface area (Å²) in [4.78, 5) is 38.7. The first-order valence-corrected chi connectivity index (χ1v) is 10.4. The number of hydrogen-bond donors (Lipinski definition) is 1. The highest BCUT2D eigenvalue weighted by Gasteiger charge is 2.36. The summed E-state index contributed by atoms with van der Waals surface area (Å²) in [5, 5.41) is 6.77. The van der Waals surface area contributed by atoms with E-state index >= 15 is 0 Å². The molecule has 0 spiro atoms. The molecule has 1 atom stereocenters. The summed E-state index contributed by atoms with van der Waals surface area (Å²) >= 11 is 0. The van der Waals surface area contributed by atoms with Crippen LogP contribution in [0, 0.1) is 17.5 Å². The van der Waals surface area contributed by atoms with E-state index in [0.717, 1.165) is 0 Å². The van der Waals surface area contributed by atoms with E-state index in [1.54, 1.807) is 46.1 Å². The van der Waals surface area contributed by atoms with Crippen LogP contribution in [0.1, 0.15) is 12.6 Å². The lowest BCUT2D eigenvalue weighted by Crippen LogP contribution is -2.47. The van der Waals surface area contributed by atoms with Crippen LogP contribution in [0.4, 0.5) is 35.3 Å². The minimum atomic E-state index is -1.61. The smallest absolute Gasteiger partial charge is 0.314 e. The van der Waals surface area contributed by atoms with E-state index in [1.165, 1.54) is 4.90 Å². The molecule has 0 aliphatic carbocycles. The lowest BCUT2D eigenvalue weighted by atomic mass is 10.2. The molecule has 2 aromatic heterocycles. The number of nitrogens with one attached hydrogen (secondary N) is 1. The lowest BCUT2D eigenvalue weighted by molar-refractivity contribution is -0.116. The first-order chi connectivity index (χ1) is 16.3. The Bertz CT molecular complexity index is 1250. The number of fused-ring (bicyclic) bond motifs is 1. The van der Waals surface area contributed by atoms with Crippen molar-refractivity contribution < 1.29 is 22.8 Å². The average Bonchev–Trinajstić information content (AvgIpc) is 3.40. The zero-order chi connectivity index (χ0) is 24.0. The first kappa shape index (κ1) is 21.7. The molecule has 3 amide bonds. The number of amides is 3. The normalized spacial score (nSPS) is 17.8. The molecule has 1 fully saturated rings. The van der Waals surface area contributed by atoms with Crippen molar-refractivity contribution in [3.8, 4) is 0 Å². The number of rotatable bonds is 3. The van der Waals surface area contributed by atoms with Gasteiger partial charge in [-0.2, -0.15) is 5.10 Å². The van der Waals surface area contributed by atoms with E-state index in [1.807, 2.05) is 0 Å². The number of aromatic nitrogens is 4. The van der Waals surface area contributed by atoms with Gasteiger partial charge in [0.2, 0.25) is 11.9 Å². The Morgan fingerprint density at radius 3 is 2.53 bits per heavy atom. The number of nitrogens with zero attached hydrogens (tertiary/aromatic N) is 7. The SMILES string of the molecule is C[C@H]1Cn2ncc(N3CN(c4ncccn4)CC3=O)c2CN1C(=O)Nc1cc(F)c(F)c(F)c1. The molecule has 2 aliphatic heterocycles. The molecule has 5 rings (SSSR count). The van der Waals surface area contributed by atoms with Crippen LogP contribution in [0.5, 0.6) is 0 Å². The van der Waals surface area contributed by atoms with E-state index in [0.29, 0.717) is 36.0 Å². The molecule has 1 aromatic carbocycles. The molecule has 0 radical (unpaired) electrons. The molecule has 10 nitrogen and oxygen atoms in total. The van der Waals surface area contributed by atoms with Gasteiger partial charge in [-0.15, -0.1) is 0 Å². The maximum atomic E-state index is 13.5. The molecule has 4 heterocycles. The third-order valence-electron chi connectivity index (χ3n) is 5.78. The molecule has 3 aromatic rings. The molecule has 0 bridgehead atoms. The maximum Gasteiger partial charge on any atom is 0.322 e. The van der Waals surface area contributed by atoms with E-state index in [9.17, 15) is 22.8 Å². The number of hydrogen-bond acceptors (Lipinski definition) is 6. The van der Waals surface area contributed by atoms with Gasteiger partial charge in [0.25, 0.3) is 0 Å². The number of carbonyl (C=O) groups excluding carboxylic acids is 2. The zero-order valence-corrected chi connectivity index (χ0v) is 18.0. The van der Waals surface area contributed by atoms with Crippen molar-refractivity contribution in [3.63, 3.8) is 0 Å². The fraction of sp³-hybridized carbons (Fsp3) is 0.286. The minimum absolute atomic E-state index is 0.0942. The van der Waals surface area contributed by atoms with Crippen molar-refractivity contribution >= 4 is 29.3 Å².